The fraction of sp³-hybridized carbons (Fsp3) is 0.190. The maximum atomic E-state index is 12.7. The van der Waals surface area contributed by atoms with Crippen LogP contribution in [0.25, 0.3) is 6.08 Å². The van der Waals surface area contributed by atoms with E-state index in [4.69, 9.17) is 21.1 Å². The van der Waals surface area contributed by atoms with Crippen molar-refractivity contribution >= 4 is 52.2 Å². The molecule has 0 unspecified atom stereocenters. The van der Waals surface area contributed by atoms with Crippen LogP contribution in [0.15, 0.2) is 47.4 Å². The molecule has 2 aromatic rings. The molecule has 1 fully saturated rings. The van der Waals surface area contributed by atoms with Crippen LogP contribution in [0.2, 0.25) is 5.02 Å². The van der Waals surface area contributed by atoms with Crippen molar-refractivity contribution < 1.29 is 23.9 Å². The quantitative estimate of drug-likeness (QED) is 0.633. The van der Waals surface area contributed by atoms with E-state index in [2.05, 4.69) is 5.32 Å². The molecule has 1 aliphatic rings. The van der Waals surface area contributed by atoms with Gasteiger partial charge in [0.15, 0.2) is 11.5 Å². The molecule has 0 saturated carbocycles. The van der Waals surface area contributed by atoms with Crippen LogP contribution in [0, 0.1) is 0 Å². The first-order valence-electron chi connectivity index (χ1n) is 9.03. The summed E-state index contributed by atoms with van der Waals surface area (Å²) in [5.41, 5.74) is 1.08. The number of thioether (sulfide) groups is 1. The summed E-state index contributed by atoms with van der Waals surface area (Å²) in [5.74, 6) is -0.0487. The average Bonchev–Trinajstić information content (AvgIpc) is 2.96. The Morgan fingerprint density at radius 2 is 2.00 bits per heavy atom. The number of para-hydroxylation sites is 1. The monoisotopic (exact) mass is 446 g/mol. The molecule has 0 spiro atoms. The van der Waals surface area contributed by atoms with Gasteiger partial charge in [0.1, 0.15) is 6.54 Å². The van der Waals surface area contributed by atoms with Crippen molar-refractivity contribution in [2.75, 3.05) is 25.6 Å². The highest BCUT2D eigenvalue weighted by molar-refractivity contribution is 8.18. The lowest BCUT2D eigenvalue weighted by Gasteiger charge is -2.13. The van der Waals surface area contributed by atoms with Gasteiger partial charge in [-0.05, 0) is 49.0 Å². The van der Waals surface area contributed by atoms with E-state index in [1.807, 2.05) is 6.92 Å². The van der Waals surface area contributed by atoms with E-state index >= 15 is 0 Å². The van der Waals surface area contributed by atoms with Gasteiger partial charge >= 0.3 is 0 Å². The van der Waals surface area contributed by atoms with E-state index in [0.29, 0.717) is 34.4 Å². The smallest absolute Gasteiger partial charge is 0.294 e. The molecule has 9 heteroatoms. The SMILES string of the molecule is CCOc1c(/C=C2/SC(=O)N(CC(=O)Nc3cccc(Cl)c3)C2=O)cccc1OC. The minimum atomic E-state index is -0.545. The van der Waals surface area contributed by atoms with E-state index in [-0.39, 0.29) is 4.91 Å². The van der Waals surface area contributed by atoms with Crippen molar-refractivity contribution in [2.45, 2.75) is 6.92 Å². The van der Waals surface area contributed by atoms with Crippen LogP contribution in [0.4, 0.5) is 10.5 Å². The summed E-state index contributed by atoms with van der Waals surface area (Å²) in [6.45, 7) is 1.85. The van der Waals surface area contributed by atoms with Gasteiger partial charge in [0.2, 0.25) is 5.91 Å². The van der Waals surface area contributed by atoms with Crippen molar-refractivity contribution in [3.63, 3.8) is 0 Å². The highest BCUT2D eigenvalue weighted by Crippen LogP contribution is 2.37. The molecule has 0 radical (unpaired) electrons. The topological polar surface area (TPSA) is 84.9 Å². The molecule has 3 rings (SSSR count). The van der Waals surface area contributed by atoms with Gasteiger partial charge < -0.3 is 14.8 Å². The molecule has 30 heavy (non-hydrogen) atoms. The normalized spacial score (nSPS) is 14.9. The van der Waals surface area contributed by atoms with Crippen LogP contribution in [-0.4, -0.2) is 42.2 Å². The Kier molecular flexibility index (Phi) is 7.02. The number of halogens is 1. The summed E-state index contributed by atoms with van der Waals surface area (Å²) >= 11 is 6.67. The van der Waals surface area contributed by atoms with E-state index in [1.54, 1.807) is 48.5 Å². The Bertz CT molecular complexity index is 1020. The van der Waals surface area contributed by atoms with Gasteiger partial charge in [0.05, 0.1) is 18.6 Å². The molecule has 1 heterocycles. The van der Waals surface area contributed by atoms with Crippen LogP contribution >= 0.6 is 23.4 Å². The number of hydrogen-bond donors (Lipinski definition) is 1. The molecule has 3 amide bonds. The number of hydrogen-bond acceptors (Lipinski definition) is 6. The maximum Gasteiger partial charge on any atom is 0.294 e. The second kappa shape index (κ2) is 9.69. The lowest BCUT2D eigenvalue weighted by atomic mass is 10.1. The minimum Gasteiger partial charge on any atom is -0.493 e. The first kappa shape index (κ1) is 21.7. The Morgan fingerprint density at radius 1 is 1.23 bits per heavy atom. The zero-order valence-corrected chi connectivity index (χ0v) is 17.9. The Hall–Kier alpha value is -2.97. The summed E-state index contributed by atoms with van der Waals surface area (Å²) in [4.78, 5) is 38.5. The highest BCUT2D eigenvalue weighted by Gasteiger charge is 2.36. The zero-order chi connectivity index (χ0) is 21.7. The van der Waals surface area contributed by atoms with Gasteiger partial charge in [-0.25, -0.2) is 0 Å². The lowest BCUT2D eigenvalue weighted by molar-refractivity contribution is -0.127. The van der Waals surface area contributed by atoms with Gasteiger partial charge in [-0.1, -0.05) is 29.8 Å². The zero-order valence-electron chi connectivity index (χ0n) is 16.3. The second-order valence-electron chi connectivity index (χ2n) is 6.14. The van der Waals surface area contributed by atoms with Crippen LogP contribution < -0.4 is 14.8 Å². The molecule has 0 atom stereocenters. The fourth-order valence-electron chi connectivity index (χ4n) is 2.79. The molecular weight excluding hydrogens is 428 g/mol. The van der Waals surface area contributed by atoms with Crippen LogP contribution in [0.3, 0.4) is 0 Å². The third-order valence-corrected chi connectivity index (χ3v) is 5.23. The van der Waals surface area contributed by atoms with Crippen molar-refractivity contribution in [1.82, 2.24) is 4.90 Å². The standard InChI is InChI=1S/C21H19ClN2O5S/c1-3-29-19-13(6-4-9-16(19)28-2)10-17-20(26)24(21(27)30-17)12-18(25)23-15-8-5-7-14(22)11-15/h4-11H,3,12H2,1-2H3,(H,23,25)/b17-10+. The molecule has 1 aliphatic heterocycles. The number of nitrogens with zero attached hydrogens (tertiary/aromatic N) is 1. The van der Waals surface area contributed by atoms with Gasteiger partial charge in [-0.2, -0.15) is 0 Å². The van der Waals surface area contributed by atoms with Crippen molar-refractivity contribution in [2.24, 2.45) is 0 Å². The third-order valence-electron chi connectivity index (χ3n) is 4.09. The molecule has 156 valence electrons. The first-order valence-corrected chi connectivity index (χ1v) is 10.2. The van der Waals surface area contributed by atoms with Gasteiger partial charge in [-0.3, -0.25) is 19.3 Å². The molecule has 0 aliphatic carbocycles. The second-order valence-corrected chi connectivity index (χ2v) is 7.57. The van der Waals surface area contributed by atoms with E-state index in [0.717, 1.165) is 16.7 Å². The van der Waals surface area contributed by atoms with E-state index < -0.39 is 23.6 Å². The molecule has 1 N–H and O–H groups in total. The molecule has 2 aromatic carbocycles. The number of nitrogens with one attached hydrogen (secondary N) is 1. The number of amides is 3. The number of imide groups is 1. The summed E-state index contributed by atoms with van der Waals surface area (Å²) < 4.78 is 10.9. The molecular formula is C21H19ClN2O5S. The van der Waals surface area contributed by atoms with Crippen molar-refractivity contribution in [3.05, 3.63) is 58.0 Å². The van der Waals surface area contributed by atoms with Crippen molar-refractivity contribution in [1.29, 1.82) is 0 Å². The van der Waals surface area contributed by atoms with Crippen LogP contribution in [-0.2, 0) is 9.59 Å². The minimum absolute atomic E-state index is 0.199. The van der Waals surface area contributed by atoms with Crippen molar-refractivity contribution in [3.8, 4) is 11.5 Å². The van der Waals surface area contributed by atoms with Gasteiger partial charge in [-0.15, -0.1) is 0 Å². The summed E-state index contributed by atoms with van der Waals surface area (Å²) in [6.07, 6.45) is 1.56. The van der Waals surface area contributed by atoms with E-state index in [9.17, 15) is 14.4 Å². The Morgan fingerprint density at radius 3 is 2.70 bits per heavy atom. The number of carbonyl (C=O) groups is 3. The predicted octanol–water partition coefficient (Wildman–Crippen LogP) is 4.42. The number of carbonyl (C=O) groups excluding carboxylic acids is 3. The van der Waals surface area contributed by atoms with Crippen LogP contribution in [0.1, 0.15) is 12.5 Å². The van der Waals surface area contributed by atoms with Crippen LogP contribution in [0.5, 0.6) is 11.5 Å². The molecule has 7 nitrogen and oxygen atoms in total. The summed E-state index contributed by atoms with van der Waals surface area (Å²) in [6, 6.07) is 11.9. The number of ether oxygens (including phenoxy) is 2. The summed E-state index contributed by atoms with van der Waals surface area (Å²) in [7, 11) is 1.52. The molecule has 0 aromatic heterocycles. The maximum absolute atomic E-state index is 12.7. The molecule has 1 saturated heterocycles. The predicted molar refractivity (Wildman–Crippen MR) is 117 cm³/mol. The van der Waals surface area contributed by atoms with Gasteiger partial charge in [0.25, 0.3) is 11.1 Å². The number of benzene rings is 2. The summed E-state index contributed by atoms with van der Waals surface area (Å²) in [5, 5.41) is 2.56. The fourth-order valence-corrected chi connectivity index (χ4v) is 3.81. The molecule has 0 bridgehead atoms. The Labute approximate surface area is 183 Å². The first-order chi connectivity index (χ1) is 14.4. The number of anilines is 1. The van der Waals surface area contributed by atoms with Gasteiger partial charge in [0, 0.05) is 16.3 Å². The lowest BCUT2D eigenvalue weighted by Crippen LogP contribution is -2.36. The van der Waals surface area contributed by atoms with E-state index in [1.165, 1.54) is 7.11 Å². The Balaban J connectivity index is 1.77. The number of methoxy groups -OCH3 is 1. The number of rotatable bonds is 7. The largest absolute Gasteiger partial charge is 0.493 e. The highest BCUT2D eigenvalue weighted by atomic mass is 35.5. The third kappa shape index (κ3) is 4.95. The average molecular weight is 447 g/mol.